The maximum atomic E-state index is 13.5. The molecule has 9 heteroatoms. The molecule has 0 bridgehead atoms. The zero-order valence-corrected chi connectivity index (χ0v) is 22.5. The van der Waals surface area contributed by atoms with Crippen molar-refractivity contribution >= 4 is 34.4 Å². The molecule has 1 aliphatic carbocycles. The van der Waals surface area contributed by atoms with Gasteiger partial charge in [-0.2, -0.15) is 0 Å². The third kappa shape index (κ3) is 5.40. The first-order chi connectivity index (χ1) is 19.0. The number of fused-ring (bicyclic) bond motifs is 2. The molecule has 9 nitrogen and oxygen atoms in total. The summed E-state index contributed by atoms with van der Waals surface area (Å²) in [7, 11) is 4.74. The van der Waals surface area contributed by atoms with Gasteiger partial charge in [0, 0.05) is 18.5 Å². The van der Waals surface area contributed by atoms with Crippen molar-refractivity contribution in [3.63, 3.8) is 0 Å². The molecule has 2 heterocycles. The molecule has 1 aromatic heterocycles. The molecular weight excluding hydrogens is 500 g/mol. The Bertz CT molecular complexity index is 1400. The lowest BCUT2D eigenvalue weighted by atomic mass is 9.86. The van der Waals surface area contributed by atoms with Crippen LogP contribution in [-0.4, -0.2) is 76.0 Å². The smallest absolute Gasteiger partial charge is 0.339 e. The molecule has 0 spiro atoms. The summed E-state index contributed by atoms with van der Waals surface area (Å²) in [6.07, 6.45) is 4.36. The Kier molecular flexibility index (Phi) is 7.97. The van der Waals surface area contributed by atoms with Gasteiger partial charge in [0.1, 0.15) is 0 Å². The van der Waals surface area contributed by atoms with Gasteiger partial charge in [0.15, 0.2) is 18.1 Å². The number of para-hydroxylation sites is 1. The second kappa shape index (κ2) is 11.7. The number of morpholine rings is 1. The predicted octanol–water partition coefficient (Wildman–Crippen LogP) is 4.15. The van der Waals surface area contributed by atoms with Crippen LogP contribution in [0.1, 0.15) is 40.0 Å². The fourth-order valence-corrected chi connectivity index (χ4v) is 5.20. The quantitative estimate of drug-likeness (QED) is 0.419. The normalized spacial score (nSPS) is 16.1. The minimum atomic E-state index is -0.513. The third-order valence-electron chi connectivity index (χ3n) is 7.09. The summed E-state index contributed by atoms with van der Waals surface area (Å²) in [6.45, 7) is 1.67. The molecule has 3 aromatic rings. The van der Waals surface area contributed by atoms with Crippen molar-refractivity contribution in [3.8, 4) is 17.2 Å². The number of amides is 1. The first-order valence-corrected chi connectivity index (χ1v) is 13.0. The zero-order valence-electron chi connectivity index (χ0n) is 22.5. The molecule has 1 amide bonds. The number of methoxy groups -OCH3 is 3. The van der Waals surface area contributed by atoms with Gasteiger partial charge in [-0.25, -0.2) is 9.78 Å². The van der Waals surface area contributed by atoms with Gasteiger partial charge >= 0.3 is 5.97 Å². The number of pyridine rings is 1. The number of nitrogens with zero attached hydrogens (tertiary/aromatic N) is 2. The number of hydrogen-bond donors (Lipinski definition) is 0. The molecule has 2 aliphatic rings. The average molecular weight is 533 g/mol. The van der Waals surface area contributed by atoms with Gasteiger partial charge in [0.2, 0.25) is 5.75 Å². The summed E-state index contributed by atoms with van der Waals surface area (Å²) in [5.74, 6) is 0.898. The number of rotatable bonds is 7. The highest BCUT2D eigenvalue weighted by atomic mass is 16.5. The van der Waals surface area contributed by atoms with Crippen LogP contribution in [0.25, 0.3) is 22.6 Å². The predicted molar refractivity (Wildman–Crippen MR) is 146 cm³/mol. The maximum Gasteiger partial charge on any atom is 0.339 e. The maximum absolute atomic E-state index is 13.5. The molecule has 0 atom stereocenters. The number of allylic oxidation sites excluding steroid dienone is 1. The van der Waals surface area contributed by atoms with Gasteiger partial charge < -0.3 is 28.6 Å². The molecule has 39 heavy (non-hydrogen) atoms. The van der Waals surface area contributed by atoms with Crippen LogP contribution < -0.4 is 14.2 Å². The van der Waals surface area contributed by atoms with Crippen LogP contribution in [-0.2, 0) is 20.7 Å². The first kappa shape index (κ1) is 26.5. The molecule has 0 N–H and O–H groups in total. The monoisotopic (exact) mass is 532 g/mol. The Hall–Kier alpha value is -4.11. The number of hydrogen-bond acceptors (Lipinski definition) is 8. The highest BCUT2D eigenvalue weighted by molar-refractivity contribution is 6.07. The molecular formula is C30H32N2O7. The molecule has 2 aromatic carbocycles. The van der Waals surface area contributed by atoms with Crippen LogP contribution in [0.2, 0.25) is 0 Å². The molecule has 0 saturated carbocycles. The number of benzene rings is 2. The van der Waals surface area contributed by atoms with Crippen LogP contribution >= 0.6 is 0 Å². The van der Waals surface area contributed by atoms with E-state index in [1.54, 1.807) is 26.2 Å². The molecule has 1 saturated heterocycles. The van der Waals surface area contributed by atoms with Crippen molar-refractivity contribution in [2.24, 2.45) is 0 Å². The van der Waals surface area contributed by atoms with Crippen molar-refractivity contribution in [2.75, 3.05) is 54.2 Å². The topological polar surface area (TPSA) is 96.4 Å². The van der Waals surface area contributed by atoms with E-state index in [0.29, 0.717) is 66.4 Å². The number of aromatic nitrogens is 1. The van der Waals surface area contributed by atoms with Crippen LogP contribution in [0.4, 0.5) is 0 Å². The lowest BCUT2D eigenvalue weighted by molar-refractivity contribution is -0.138. The minimum absolute atomic E-state index is 0.220. The van der Waals surface area contributed by atoms with Crippen molar-refractivity contribution in [2.45, 2.75) is 19.3 Å². The summed E-state index contributed by atoms with van der Waals surface area (Å²) >= 11 is 0. The Morgan fingerprint density at radius 3 is 2.41 bits per heavy atom. The summed E-state index contributed by atoms with van der Waals surface area (Å²) in [6, 6.07) is 11.3. The average Bonchev–Trinajstić information content (AvgIpc) is 2.98. The summed E-state index contributed by atoms with van der Waals surface area (Å²) in [5.41, 5.74) is 4.63. The van der Waals surface area contributed by atoms with E-state index < -0.39 is 5.97 Å². The van der Waals surface area contributed by atoms with Gasteiger partial charge in [-0.05, 0) is 60.2 Å². The van der Waals surface area contributed by atoms with Gasteiger partial charge in [0.25, 0.3) is 5.91 Å². The third-order valence-corrected chi connectivity index (χ3v) is 7.09. The molecule has 1 fully saturated rings. The molecule has 204 valence electrons. The van der Waals surface area contributed by atoms with E-state index in [2.05, 4.69) is 0 Å². The Morgan fingerprint density at radius 1 is 1.00 bits per heavy atom. The van der Waals surface area contributed by atoms with Crippen LogP contribution in [0.5, 0.6) is 17.2 Å². The van der Waals surface area contributed by atoms with Gasteiger partial charge in [-0.3, -0.25) is 4.79 Å². The minimum Gasteiger partial charge on any atom is -0.493 e. The number of carbonyl (C=O) groups excluding carboxylic acids is 2. The highest BCUT2D eigenvalue weighted by Gasteiger charge is 2.27. The molecule has 1 aliphatic heterocycles. The van der Waals surface area contributed by atoms with Crippen molar-refractivity contribution in [1.82, 2.24) is 9.88 Å². The largest absolute Gasteiger partial charge is 0.493 e. The van der Waals surface area contributed by atoms with E-state index in [4.69, 9.17) is 28.7 Å². The molecule has 0 radical (unpaired) electrons. The fraction of sp³-hybridized carbons (Fsp3) is 0.367. The van der Waals surface area contributed by atoms with E-state index in [1.807, 2.05) is 42.5 Å². The van der Waals surface area contributed by atoms with E-state index in [9.17, 15) is 9.59 Å². The Labute approximate surface area is 227 Å². The summed E-state index contributed by atoms with van der Waals surface area (Å²) in [4.78, 5) is 32.8. The SMILES string of the molecule is COc1cc(C=C2CCCc3c2nc2ccccc2c3C(=O)OCC(=O)N2CCOCC2)cc(OC)c1OC. The van der Waals surface area contributed by atoms with E-state index >= 15 is 0 Å². The lowest BCUT2D eigenvalue weighted by Crippen LogP contribution is -2.42. The number of carbonyl (C=O) groups is 2. The van der Waals surface area contributed by atoms with Crippen LogP contribution in [0.3, 0.4) is 0 Å². The van der Waals surface area contributed by atoms with Crippen LogP contribution in [0, 0.1) is 0 Å². The first-order valence-electron chi connectivity index (χ1n) is 13.0. The van der Waals surface area contributed by atoms with E-state index in [0.717, 1.165) is 35.2 Å². The van der Waals surface area contributed by atoms with E-state index in [-0.39, 0.29) is 12.5 Å². The second-order valence-electron chi connectivity index (χ2n) is 9.38. The van der Waals surface area contributed by atoms with E-state index in [1.165, 1.54) is 0 Å². The molecule has 5 rings (SSSR count). The Balaban J connectivity index is 1.53. The standard InChI is InChI=1S/C30H32N2O7/c1-35-24-16-19(17-25(36-2)29(24)37-3)15-20-7-6-9-22-27(21-8-4-5-10-23(21)31-28(20)22)30(34)39-18-26(33)32-11-13-38-14-12-32/h4-5,8,10,15-17H,6-7,9,11-14,18H2,1-3H3. The summed E-state index contributed by atoms with van der Waals surface area (Å²) < 4.78 is 27.4. The second-order valence-corrected chi connectivity index (χ2v) is 9.38. The number of ether oxygens (including phenoxy) is 5. The lowest BCUT2D eigenvalue weighted by Gasteiger charge is -2.27. The highest BCUT2D eigenvalue weighted by Crippen LogP contribution is 2.41. The van der Waals surface area contributed by atoms with Gasteiger partial charge in [0.05, 0.1) is 51.3 Å². The van der Waals surface area contributed by atoms with Crippen molar-refractivity contribution < 1.29 is 33.3 Å². The van der Waals surface area contributed by atoms with Gasteiger partial charge in [-0.1, -0.05) is 18.2 Å². The van der Waals surface area contributed by atoms with Crippen molar-refractivity contribution in [1.29, 1.82) is 0 Å². The fourth-order valence-electron chi connectivity index (χ4n) is 5.20. The van der Waals surface area contributed by atoms with Crippen LogP contribution in [0.15, 0.2) is 36.4 Å². The Morgan fingerprint density at radius 2 is 1.72 bits per heavy atom. The van der Waals surface area contributed by atoms with Gasteiger partial charge in [-0.15, -0.1) is 0 Å². The number of esters is 1. The molecule has 0 unspecified atom stereocenters. The summed E-state index contributed by atoms with van der Waals surface area (Å²) in [5, 5.41) is 0.717. The van der Waals surface area contributed by atoms with Crippen molar-refractivity contribution in [3.05, 3.63) is 58.8 Å². The zero-order chi connectivity index (χ0) is 27.4.